The average molecular weight is 654 g/mol. The number of amides is 1. The molecule has 14 atom stereocenters. The van der Waals surface area contributed by atoms with E-state index in [1.165, 1.54) is 20.8 Å². The fraction of sp³-hybridized carbons (Fsp3) is 0.933. The monoisotopic (exact) mass is 653 g/mol. The van der Waals surface area contributed by atoms with E-state index in [0.717, 1.165) is 32.1 Å². The molecule has 260 valence electrons. The number of carboxylic acid groups (broad SMARTS) is 1. The van der Waals surface area contributed by atoms with Crippen molar-refractivity contribution in [1.29, 1.82) is 0 Å². The Morgan fingerprint density at radius 3 is 2.09 bits per heavy atom. The van der Waals surface area contributed by atoms with Gasteiger partial charge in [-0.05, 0) is 39.0 Å². The number of aliphatic hydroxyl groups is 4. The van der Waals surface area contributed by atoms with Gasteiger partial charge in [-0.3, -0.25) is 4.79 Å². The van der Waals surface area contributed by atoms with E-state index >= 15 is 0 Å². The number of aliphatic carboxylic acids is 1. The van der Waals surface area contributed by atoms with Crippen molar-refractivity contribution < 1.29 is 67.6 Å². The Bertz CT molecular complexity index is 973. The molecule has 6 unspecified atom stereocenters. The van der Waals surface area contributed by atoms with Gasteiger partial charge < -0.3 is 54.5 Å². The van der Waals surface area contributed by atoms with Crippen LogP contribution in [0.4, 0.5) is 8.78 Å². The van der Waals surface area contributed by atoms with Crippen LogP contribution in [0.1, 0.15) is 78.6 Å². The lowest BCUT2D eigenvalue weighted by Crippen LogP contribution is -2.66. The molecule has 2 saturated carbocycles. The number of aliphatic hydroxyl groups excluding tert-OH is 4. The van der Waals surface area contributed by atoms with Crippen LogP contribution in [-0.4, -0.2) is 123 Å². The van der Waals surface area contributed by atoms with Gasteiger partial charge >= 0.3 is 5.97 Å². The highest BCUT2D eigenvalue weighted by molar-refractivity contribution is 5.73. The molecule has 1 amide bonds. The number of hydrogen-bond acceptors (Lipinski definition) is 11. The minimum absolute atomic E-state index is 0.0642. The Morgan fingerprint density at radius 1 is 0.822 bits per heavy atom. The fourth-order valence-electron chi connectivity index (χ4n) is 7.02. The molecule has 2 saturated heterocycles. The van der Waals surface area contributed by atoms with Gasteiger partial charge in [0.05, 0.1) is 24.4 Å². The van der Waals surface area contributed by atoms with Gasteiger partial charge in [0.2, 0.25) is 12.3 Å². The number of carboxylic acids is 1. The van der Waals surface area contributed by atoms with Crippen molar-refractivity contribution in [2.24, 2.45) is 11.8 Å². The van der Waals surface area contributed by atoms with Crippen LogP contribution < -0.4 is 5.32 Å². The van der Waals surface area contributed by atoms with E-state index in [-0.39, 0.29) is 25.2 Å². The van der Waals surface area contributed by atoms with Crippen LogP contribution in [0.3, 0.4) is 0 Å². The van der Waals surface area contributed by atoms with Gasteiger partial charge in [-0.1, -0.05) is 38.5 Å². The van der Waals surface area contributed by atoms with Crippen LogP contribution in [0, 0.1) is 11.8 Å². The molecule has 2 heterocycles. The van der Waals surface area contributed by atoms with Crippen LogP contribution >= 0.6 is 0 Å². The summed E-state index contributed by atoms with van der Waals surface area (Å²) in [5.41, 5.74) is 0. The highest BCUT2D eigenvalue weighted by Gasteiger charge is 2.52. The molecule has 6 N–H and O–H groups in total. The largest absolute Gasteiger partial charge is 0.479 e. The van der Waals surface area contributed by atoms with Crippen molar-refractivity contribution in [1.82, 2.24) is 5.32 Å². The summed E-state index contributed by atoms with van der Waals surface area (Å²) >= 11 is 0. The number of carbonyl (C=O) groups is 2. The second-order valence-corrected chi connectivity index (χ2v) is 13.0. The summed E-state index contributed by atoms with van der Waals surface area (Å²) in [6.45, 7) is 4.18. The van der Waals surface area contributed by atoms with Gasteiger partial charge in [0.15, 0.2) is 18.7 Å². The zero-order valence-corrected chi connectivity index (χ0v) is 26.0. The van der Waals surface area contributed by atoms with Gasteiger partial charge in [0, 0.05) is 12.8 Å². The first-order valence-electron chi connectivity index (χ1n) is 16.1. The lowest BCUT2D eigenvalue weighted by atomic mass is 9.84. The molecular weight excluding hydrogens is 604 g/mol. The van der Waals surface area contributed by atoms with Crippen LogP contribution in [-0.2, 0) is 33.3 Å². The Balaban J connectivity index is 1.57. The zero-order valence-electron chi connectivity index (χ0n) is 26.0. The summed E-state index contributed by atoms with van der Waals surface area (Å²) in [4.78, 5) is 24.6. The van der Waals surface area contributed by atoms with Crippen molar-refractivity contribution in [3.63, 3.8) is 0 Å². The molecule has 15 heteroatoms. The van der Waals surface area contributed by atoms with E-state index in [4.69, 9.17) is 23.7 Å². The summed E-state index contributed by atoms with van der Waals surface area (Å²) in [5, 5.41) is 54.6. The van der Waals surface area contributed by atoms with Gasteiger partial charge in [-0.25, -0.2) is 13.6 Å². The number of alkyl halides is 2. The number of nitrogens with one attached hydrogen (secondary N) is 1. The Labute approximate surface area is 261 Å². The number of carbonyl (C=O) groups excluding carboxylic acids is 1. The molecule has 0 aromatic heterocycles. The normalized spacial score (nSPS) is 42.3. The molecule has 2 aliphatic heterocycles. The highest BCUT2D eigenvalue weighted by Crippen LogP contribution is 2.38. The molecule has 4 rings (SSSR count). The summed E-state index contributed by atoms with van der Waals surface area (Å²) < 4.78 is 58.2. The minimum Gasteiger partial charge on any atom is -0.479 e. The van der Waals surface area contributed by atoms with Crippen LogP contribution in [0.2, 0.25) is 0 Å². The number of rotatable bonds is 11. The lowest BCUT2D eigenvalue weighted by Gasteiger charge is -2.48. The van der Waals surface area contributed by atoms with Gasteiger partial charge in [-0.2, -0.15) is 0 Å². The molecule has 45 heavy (non-hydrogen) atoms. The maximum absolute atomic E-state index is 14.3. The standard InChI is InChI=1S/C30H49F2NO12/c1-13-21(35)23(37)24(38)30(42-13)45-25-17(27(31)32)10-7-11-18(25)44-29-20(33-15(3)34)26(22(36)14(2)41-29)43-19(28(39)40)12-16-8-5-4-6-9-16/h13-14,16-27,29-30,35-38H,4-12H2,1-3H3,(H,33,34)(H,39,40)/t13-,14?,17?,18+,19-,20?,21-,22-,23?,24-,25+,26?,29-,30?/m0/s1. The van der Waals surface area contributed by atoms with Crippen molar-refractivity contribution in [2.45, 2.75) is 165 Å². The molecule has 0 aromatic carbocycles. The van der Waals surface area contributed by atoms with Crippen LogP contribution in [0.5, 0.6) is 0 Å². The molecule has 4 aliphatic rings. The lowest BCUT2D eigenvalue weighted by molar-refractivity contribution is -0.338. The molecule has 2 aliphatic carbocycles. The van der Waals surface area contributed by atoms with E-state index in [9.17, 15) is 43.9 Å². The molecule has 4 fully saturated rings. The van der Waals surface area contributed by atoms with Gasteiger partial charge in [0.1, 0.15) is 36.6 Å². The van der Waals surface area contributed by atoms with E-state index < -0.39 is 104 Å². The first-order chi connectivity index (χ1) is 21.3. The van der Waals surface area contributed by atoms with Crippen LogP contribution in [0.15, 0.2) is 0 Å². The zero-order chi connectivity index (χ0) is 33.0. The molecule has 0 bridgehead atoms. The predicted octanol–water partition coefficient (Wildman–Crippen LogP) is 1.07. The third kappa shape index (κ3) is 8.87. The first kappa shape index (κ1) is 36.3. The van der Waals surface area contributed by atoms with Gasteiger partial charge in [0.25, 0.3) is 0 Å². The first-order valence-corrected chi connectivity index (χ1v) is 16.1. The van der Waals surface area contributed by atoms with Crippen molar-refractivity contribution in [2.75, 3.05) is 0 Å². The van der Waals surface area contributed by atoms with Crippen LogP contribution in [0.25, 0.3) is 0 Å². The summed E-state index contributed by atoms with van der Waals surface area (Å²) in [6.07, 6.45) is -13.2. The minimum atomic E-state index is -2.85. The van der Waals surface area contributed by atoms with E-state index in [0.29, 0.717) is 6.42 Å². The van der Waals surface area contributed by atoms with Crippen molar-refractivity contribution in [3.05, 3.63) is 0 Å². The fourth-order valence-corrected chi connectivity index (χ4v) is 7.02. The topological polar surface area (TPSA) is 193 Å². The quantitative estimate of drug-likeness (QED) is 0.186. The number of halogens is 2. The van der Waals surface area contributed by atoms with Crippen molar-refractivity contribution in [3.8, 4) is 0 Å². The predicted molar refractivity (Wildman–Crippen MR) is 151 cm³/mol. The summed E-state index contributed by atoms with van der Waals surface area (Å²) in [7, 11) is 0. The third-order valence-electron chi connectivity index (χ3n) is 9.60. The summed E-state index contributed by atoms with van der Waals surface area (Å²) in [5.74, 6) is -2.98. The van der Waals surface area contributed by atoms with E-state index in [1.807, 2.05) is 0 Å². The SMILES string of the molecule is CC(=O)NC1C(O[C@@H](CC2CCCCC2)C(=O)O)[C@@H](O)C(C)O[C@H]1O[C@@H]1CCCC(C(F)F)[C@H]1OC1O[C@@H](C)[C@H](O)C(O)[C@@H]1O. The summed E-state index contributed by atoms with van der Waals surface area (Å²) in [6, 6.07) is -1.22. The maximum atomic E-state index is 14.3. The number of ether oxygens (including phenoxy) is 5. The molecule has 0 aromatic rings. The Morgan fingerprint density at radius 2 is 1.47 bits per heavy atom. The van der Waals surface area contributed by atoms with E-state index in [2.05, 4.69) is 5.32 Å². The Hall–Kier alpha value is -1.56. The highest BCUT2D eigenvalue weighted by atomic mass is 19.3. The molecule has 13 nitrogen and oxygen atoms in total. The second kappa shape index (κ2) is 16.0. The Kier molecular flexibility index (Phi) is 12.9. The maximum Gasteiger partial charge on any atom is 0.332 e. The third-order valence-corrected chi connectivity index (χ3v) is 9.60. The number of hydrogen-bond donors (Lipinski definition) is 6. The molecule has 0 radical (unpaired) electrons. The second-order valence-electron chi connectivity index (χ2n) is 13.0. The molecular formula is C30H49F2NO12. The van der Waals surface area contributed by atoms with Crippen molar-refractivity contribution >= 4 is 11.9 Å². The van der Waals surface area contributed by atoms with E-state index in [1.54, 1.807) is 0 Å². The molecule has 0 spiro atoms. The van der Waals surface area contributed by atoms with Gasteiger partial charge in [-0.15, -0.1) is 0 Å². The average Bonchev–Trinajstić information content (AvgIpc) is 2.99. The smallest absolute Gasteiger partial charge is 0.332 e.